The molecular weight excluding hydrogens is 466 g/mol. The van der Waals surface area contributed by atoms with E-state index in [0.717, 1.165) is 5.75 Å². The maximum atomic E-state index is 12.5. The van der Waals surface area contributed by atoms with Gasteiger partial charge in [-0.15, -0.1) is 10.2 Å². The fourth-order valence-electron chi connectivity index (χ4n) is 3.46. The molecule has 0 radical (unpaired) electrons. The first-order valence-corrected chi connectivity index (χ1v) is 12.5. The standard InChI is InChI=1S/C25H31N5O4S/c1-16(2)14-29-24(18(5)34-22-11-9-19(10-12-22)17(3)4)27-28-25(29)35-15-23(31)26-20-7-6-8-21(13-20)30(32)33/h6-13,16-18H,14-15H2,1-5H3,(H,26,31). The van der Waals surface area contributed by atoms with Gasteiger partial charge in [-0.2, -0.15) is 0 Å². The van der Waals surface area contributed by atoms with Crippen molar-refractivity contribution in [2.24, 2.45) is 5.92 Å². The number of benzene rings is 2. The molecule has 10 heteroatoms. The summed E-state index contributed by atoms with van der Waals surface area (Å²) in [5.41, 5.74) is 1.54. The van der Waals surface area contributed by atoms with E-state index in [0.29, 0.717) is 35.0 Å². The third kappa shape index (κ3) is 7.29. The molecule has 0 fully saturated rings. The lowest BCUT2D eigenvalue weighted by atomic mass is 10.0. The van der Waals surface area contributed by atoms with Gasteiger partial charge in [0.2, 0.25) is 5.91 Å². The largest absolute Gasteiger partial charge is 0.483 e. The molecule has 0 spiro atoms. The van der Waals surface area contributed by atoms with E-state index in [9.17, 15) is 14.9 Å². The van der Waals surface area contributed by atoms with Crippen molar-refractivity contribution in [3.63, 3.8) is 0 Å². The number of nitrogens with one attached hydrogen (secondary N) is 1. The first-order chi connectivity index (χ1) is 16.6. The van der Waals surface area contributed by atoms with Crippen molar-refractivity contribution < 1.29 is 14.5 Å². The molecule has 1 atom stereocenters. The average Bonchev–Trinajstić information content (AvgIpc) is 3.20. The number of amides is 1. The van der Waals surface area contributed by atoms with E-state index in [-0.39, 0.29) is 23.5 Å². The van der Waals surface area contributed by atoms with Crippen molar-refractivity contribution >= 4 is 29.0 Å². The minimum absolute atomic E-state index is 0.0791. The van der Waals surface area contributed by atoms with Crippen LogP contribution in [0.4, 0.5) is 11.4 Å². The SMILES string of the molecule is CC(C)Cn1c(SCC(=O)Nc2cccc([N+](=O)[O-])c2)nnc1C(C)Oc1ccc(C(C)C)cc1. The summed E-state index contributed by atoms with van der Waals surface area (Å²) in [6.07, 6.45) is -0.334. The Kier molecular flexibility index (Phi) is 8.86. The Balaban J connectivity index is 1.68. The first kappa shape index (κ1) is 26.2. The van der Waals surface area contributed by atoms with Crippen LogP contribution < -0.4 is 10.1 Å². The number of rotatable bonds is 11. The zero-order valence-corrected chi connectivity index (χ0v) is 21.4. The monoisotopic (exact) mass is 497 g/mol. The van der Waals surface area contributed by atoms with Gasteiger partial charge in [-0.1, -0.05) is 57.7 Å². The Bertz CT molecular complexity index is 1160. The lowest BCUT2D eigenvalue weighted by Gasteiger charge is -2.18. The normalized spacial score (nSPS) is 12.1. The number of carbonyl (C=O) groups excluding carboxylic acids is 1. The lowest BCUT2D eigenvalue weighted by Crippen LogP contribution is -2.17. The molecule has 0 saturated heterocycles. The van der Waals surface area contributed by atoms with Crippen LogP contribution in [0.25, 0.3) is 0 Å². The Morgan fingerprint density at radius 3 is 2.46 bits per heavy atom. The van der Waals surface area contributed by atoms with Gasteiger partial charge in [-0.3, -0.25) is 14.9 Å². The quantitative estimate of drug-likeness (QED) is 0.201. The number of carbonyl (C=O) groups is 1. The molecule has 2 aromatic carbocycles. The summed E-state index contributed by atoms with van der Waals surface area (Å²) in [7, 11) is 0. The second-order valence-electron chi connectivity index (χ2n) is 8.97. The maximum Gasteiger partial charge on any atom is 0.271 e. The van der Waals surface area contributed by atoms with Crippen molar-refractivity contribution in [2.75, 3.05) is 11.1 Å². The van der Waals surface area contributed by atoms with Crippen molar-refractivity contribution in [1.29, 1.82) is 0 Å². The van der Waals surface area contributed by atoms with Gasteiger partial charge in [0, 0.05) is 24.4 Å². The van der Waals surface area contributed by atoms with E-state index in [4.69, 9.17) is 4.74 Å². The minimum Gasteiger partial charge on any atom is -0.483 e. The molecule has 1 heterocycles. The highest BCUT2D eigenvalue weighted by molar-refractivity contribution is 7.99. The predicted molar refractivity (Wildman–Crippen MR) is 137 cm³/mol. The summed E-state index contributed by atoms with van der Waals surface area (Å²) in [6, 6.07) is 13.9. The molecule has 3 rings (SSSR count). The molecule has 1 N–H and O–H groups in total. The molecule has 0 aliphatic rings. The van der Waals surface area contributed by atoms with Gasteiger partial charge < -0.3 is 14.6 Å². The van der Waals surface area contributed by atoms with Crippen LogP contribution in [0.5, 0.6) is 5.75 Å². The van der Waals surface area contributed by atoms with E-state index in [1.165, 1.54) is 35.5 Å². The van der Waals surface area contributed by atoms with Gasteiger partial charge >= 0.3 is 0 Å². The van der Waals surface area contributed by atoms with E-state index in [1.54, 1.807) is 6.07 Å². The van der Waals surface area contributed by atoms with Crippen molar-refractivity contribution in [2.45, 2.75) is 58.3 Å². The highest BCUT2D eigenvalue weighted by atomic mass is 32.2. The van der Waals surface area contributed by atoms with Gasteiger partial charge in [-0.25, -0.2) is 0 Å². The number of hydrogen-bond donors (Lipinski definition) is 1. The zero-order valence-electron chi connectivity index (χ0n) is 20.6. The number of nitrogens with zero attached hydrogens (tertiary/aromatic N) is 4. The molecular formula is C25H31N5O4S. The maximum absolute atomic E-state index is 12.5. The lowest BCUT2D eigenvalue weighted by molar-refractivity contribution is -0.384. The molecule has 1 aromatic heterocycles. The van der Waals surface area contributed by atoms with Crippen LogP contribution in [0.3, 0.4) is 0 Å². The van der Waals surface area contributed by atoms with Gasteiger partial charge in [0.1, 0.15) is 5.75 Å². The first-order valence-electron chi connectivity index (χ1n) is 11.5. The Labute approximate surface area is 209 Å². The van der Waals surface area contributed by atoms with E-state index in [2.05, 4.69) is 55.3 Å². The van der Waals surface area contributed by atoms with Gasteiger partial charge in [0.15, 0.2) is 17.1 Å². The summed E-state index contributed by atoms with van der Waals surface area (Å²) < 4.78 is 8.13. The van der Waals surface area contributed by atoms with Crippen LogP contribution in [0.2, 0.25) is 0 Å². The molecule has 0 aliphatic heterocycles. The number of anilines is 1. The minimum atomic E-state index is -0.498. The fraction of sp³-hybridized carbons (Fsp3) is 0.400. The van der Waals surface area contributed by atoms with Crippen LogP contribution in [0.15, 0.2) is 53.7 Å². The summed E-state index contributed by atoms with van der Waals surface area (Å²) in [4.78, 5) is 22.9. The molecule has 1 unspecified atom stereocenters. The second kappa shape index (κ2) is 11.8. The molecule has 186 valence electrons. The topological polar surface area (TPSA) is 112 Å². The highest BCUT2D eigenvalue weighted by Gasteiger charge is 2.21. The van der Waals surface area contributed by atoms with Gasteiger partial charge in [0.25, 0.3) is 5.69 Å². The van der Waals surface area contributed by atoms with Crippen LogP contribution in [0, 0.1) is 16.0 Å². The Morgan fingerprint density at radius 1 is 1.11 bits per heavy atom. The molecule has 35 heavy (non-hydrogen) atoms. The molecule has 0 aliphatic carbocycles. The number of nitro benzene ring substituents is 1. The molecule has 1 amide bonds. The molecule has 0 bridgehead atoms. The number of thioether (sulfide) groups is 1. The Morgan fingerprint density at radius 2 is 1.83 bits per heavy atom. The number of non-ortho nitro benzene ring substituents is 1. The third-order valence-electron chi connectivity index (χ3n) is 5.19. The highest BCUT2D eigenvalue weighted by Crippen LogP contribution is 2.27. The van der Waals surface area contributed by atoms with Crippen LogP contribution in [-0.2, 0) is 11.3 Å². The second-order valence-corrected chi connectivity index (χ2v) is 9.92. The molecule has 3 aromatic rings. The van der Waals surface area contributed by atoms with Crippen molar-refractivity contribution in [3.05, 3.63) is 70.0 Å². The van der Waals surface area contributed by atoms with E-state index in [1.807, 2.05) is 23.6 Å². The summed E-state index contributed by atoms with van der Waals surface area (Å²) in [5.74, 6) is 2.03. The number of nitro groups is 1. The van der Waals surface area contributed by atoms with Crippen LogP contribution in [-0.4, -0.2) is 31.3 Å². The summed E-state index contributed by atoms with van der Waals surface area (Å²) in [5, 5.41) is 22.9. The van der Waals surface area contributed by atoms with Gasteiger partial charge in [-0.05, 0) is 42.5 Å². The average molecular weight is 498 g/mol. The van der Waals surface area contributed by atoms with Crippen molar-refractivity contribution in [1.82, 2.24) is 14.8 Å². The smallest absolute Gasteiger partial charge is 0.271 e. The van der Waals surface area contributed by atoms with E-state index >= 15 is 0 Å². The van der Waals surface area contributed by atoms with Gasteiger partial charge in [0.05, 0.1) is 10.7 Å². The predicted octanol–water partition coefficient (Wildman–Crippen LogP) is 5.84. The van der Waals surface area contributed by atoms with Crippen LogP contribution >= 0.6 is 11.8 Å². The summed E-state index contributed by atoms with van der Waals surface area (Å²) in [6.45, 7) is 11.1. The number of hydrogen-bond acceptors (Lipinski definition) is 7. The van der Waals surface area contributed by atoms with Crippen molar-refractivity contribution in [3.8, 4) is 5.75 Å². The third-order valence-corrected chi connectivity index (χ3v) is 6.16. The fourth-order valence-corrected chi connectivity index (χ4v) is 4.21. The number of ether oxygens (including phenoxy) is 1. The number of aromatic nitrogens is 3. The summed E-state index contributed by atoms with van der Waals surface area (Å²) >= 11 is 1.26. The molecule has 0 saturated carbocycles. The Hall–Kier alpha value is -3.40. The zero-order chi connectivity index (χ0) is 25.5. The molecule has 9 nitrogen and oxygen atoms in total. The van der Waals surface area contributed by atoms with Crippen LogP contribution in [0.1, 0.15) is 58.0 Å². The van der Waals surface area contributed by atoms with E-state index < -0.39 is 4.92 Å².